The lowest BCUT2D eigenvalue weighted by atomic mass is 10.0. The third-order valence-corrected chi connectivity index (χ3v) is 8.35. The topological polar surface area (TPSA) is 94.0 Å². The van der Waals surface area contributed by atoms with Crippen molar-refractivity contribution in [3.63, 3.8) is 0 Å². The smallest absolute Gasteiger partial charge is 0.252 e. The third kappa shape index (κ3) is 8.62. The second-order valence-corrected chi connectivity index (χ2v) is 10.2. The second-order valence-electron chi connectivity index (χ2n) is 6.87. The Kier molecular flexibility index (Phi) is 12.4. The molecule has 0 aliphatic heterocycles. The first-order chi connectivity index (χ1) is 13.9. The van der Waals surface area contributed by atoms with E-state index in [0.717, 1.165) is 43.1 Å². The Morgan fingerprint density at radius 1 is 1.17 bits per heavy atom. The molecule has 1 heterocycles. The first-order valence-electron chi connectivity index (χ1n) is 10.6. The molecule has 0 saturated heterocycles. The van der Waals surface area contributed by atoms with Crippen LogP contribution in [0.3, 0.4) is 0 Å². The maximum atomic E-state index is 12.6. The van der Waals surface area contributed by atoms with Crippen LogP contribution in [0.2, 0.25) is 0 Å². The van der Waals surface area contributed by atoms with Crippen LogP contribution in [0.4, 0.5) is 0 Å². The minimum absolute atomic E-state index is 0.196. The molecule has 29 heavy (non-hydrogen) atoms. The fourth-order valence-corrected chi connectivity index (χ4v) is 6.07. The Hall–Kier alpha value is -1.16. The predicted molar refractivity (Wildman–Crippen MR) is 122 cm³/mol. The fourth-order valence-electron chi connectivity index (χ4n) is 3.11. The number of thiophene rings is 1. The van der Waals surface area contributed by atoms with E-state index in [0.29, 0.717) is 36.3 Å². The summed E-state index contributed by atoms with van der Waals surface area (Å²) in [6, 6.07) is 3.60. The monoisotopic (exact) mass is 446 g/mol. The number of aliphatic hydroxyl groups is 1. The van der Waals surface area contributed by atoms with Gasteiger partial charge in [0.05, 0.1) is 0 Å². The number of hydrogen-bond acceptors (Lipinski definition) is 5. The van der Waals surface area contributed by atoms with E-state index in [2.05, 4.69) is 22.5 Å². The predicted octanol–water partition coefficient (Wildman–Crippen LogP) is 2.67. The summed E-state index contributed by atoms with van der Waals surface area (Å²) >= 11 is 1.34. The molecular formula is C20H38N4O3S2. The van der Waals surface area contributed by atoms with E-state index in [4.69, 9.17) is 0 Å². The van der Waals surface area contributed by atoms with Gasteiger partial charge in [-0.3, -0.25) is 4.99 Å². The van der Waals surface area contributed by atoms with E-state index in [1.165, 1.54) is 15.6 Å². The molecule has 9 heteroatoms. The van der Waals surface area contributed by atoms with Gasteiger partial charge < -0.3 is 15.7 Å². The zero-order chi connectivity index (χ0) is 21.7. The highest BCUT2D eigenvalue weighted by Crippen LogP contribution is 2.25. The Balaban J connectivity index is 2.65. The molecule has 3 N–H and O–H groups in total. The van der Waals surface area contributed by atoms with Crippen LogP contribution >= 0.6 is 11.3 Å². The molecule has 7 nitrogen and oxygen atoms in total. The highest BCUT2D eigenvalue weighted by molar-refractivity contribution is 7.91. The highest BCUT2D eigenvalue weighted by Gasteiger charge is 2.23. The van der Waals surface area contributed by atoms with Crippen LogP contribution < -0.4 is 10.6 Å². The van der Waals surface area contributed by atoms with Gasteiger partial charge in [0.2, 0.25) is 0 Å². The summed E-state index contributed by atoms with van der Waals surface area (Å²) in [4.78, 5) is 5.69. The summed E-state index contributed by atoms with van der Waals surface area (Å²) in [5, 5.41) is 15.8. The van der Waals surface area contributed by atoms with Gasteiger partial charge in [-0.15, -0.1) is 11.3 Å². The Morgan fingerprint density at radius 3 is 2.48 bits per heavy atom. The van der Waals surface area contributed by atoms with Gasteiger partial charge in [0, 0.05) is 44.2 Å². The van der Waals surface area contributed by atoms with Crippen LogP contribution in [0.15, 0.2) is 21.3 Å². The maximum absolute atomic E-state index is 12.6. The van der Waals surface area contributed by atoms with E-state index in [1.807, 2.05) is 26.8 Å². The fraction of sp³-hybridized carbons (Fsp3) is 0.750. The van der Waals surface area contributed by atoms with Crippen LogP contribution in [0.25, 0.3) is 0 Å². The zero-order valence-corrected chi connectivity index (χ0v) is 19.9. The van der Waals surface area contributed by atoms with Crippen molar-refractivity contribution in [1.82, 2.24) is 14.9 Å². The molecule has 0 fully saturated rings. The number of nitrogens with one attached hydrogen (secondary N) is 2. The molecule has 168 valence electrons. The van der Waals surface area contributed by atoms with Crippen LogP contribution in [-0.4, -0.2) is 63.1 Å². The van der Waals surface area contributed by atoms with Crippen molar-refractivity contribution in [3.8, 4) is 0 Å². The summed E-state index contributed by atoms with van der Waals surface area (Å²) in [5.74, 6) is 1.16. The van der Waals surface area contributed by atoms with Gasteiger partial charge in [-0.2, -0.15) is 4.31 Å². The molecule has 0 saturated carbocycles. The van der Waals surface area contributed by atoms with E-state index >= 15 is 0 Å². The van der Waals surface area contributed by atoms with E-state index in [9.17, 15) is 13.5 Å². The Bertz CT molecular complexity index is 694. The van der Waals surface area contributed by atoms with Crippen LogP contribution in [0.1, 0.15) is 51.8 Å². The third-order valence-electron chi connectivity index (χ3n) is 4.69. The van der Waals surface area contributed by atoms with Crippen molar-refractivity contribution >= 4 is 27.3 Å². The maximum Gasteiger partial charge on any atom is 0.252 e. The molecule has 0 radical (unpaired) electrons. The lowest BCUT2D eigenvalue weighted by Crippen LogP contribution is -2.38. The number of aliphatic imine (C=N–C) groups is 1. The standard InChI is InChI=1S/C20H38N4O3S2/c1-5-9-17(13-15-25)16-23-20(21-6-2)22-14-12-18-10-11-19(28-18)29(26,27)24(7-3)8-4/h10-11,17,25H,5-9,12-16H2,1-4H3,(H2,21,22,23). The number of rotatable bonds is 14. The number of sulfonamides is 1. The molecular weight excluding hydrogens is 408 g/mol. The van der Waals surface area contributed by atoms with Crippen molar-refractivity contribution in [1.29, 1.82) is 0 Å². The van der Waals surface area contributed by atoms with Crippen molar-refractivity contribution < 1.29 is 13.5 Å². The minimum atomic E-state index is -3.38. The molecule has 0 spiro atoms. The molecule has 0 bridgehead atoms. The van der Waals surface area contributed by atoms with Gasteiger partial charge in [0.25, 0.3) is 10.0 Å². The van der Waals surface area contributed by atoms with Crippen molar-refractivity contribution in [2.75, 3.05) is 39.3 Å². The second kappa shape index (κ2) is 14.0. The molecule has 1 unspecified atom stereocenters. The van der Waals surface area contributed by atoms with Crippen molar-refractivity contribution in [3.05, 3.63) is 17.0 Å². The van der Waals surface area contributed by atoms with Gasteiger partial charge in [-0.1, -0.05) is 27.2 Å². The SMILES string of the molecule is CCCC(CCO)CN=C(NCC)NCCc1ccc(S(=O)(=O)N(CC)CC)s1. The molecule has 0 aliphatic carbocycles. The minimum Gasteiger partial charge on any atom is -0.396 e. The van der Waals surface area contributed by atoms with Crippen LogP contribution in [0.5, 0.6) is 0 Å². The highest BCUT2D eigenvalue weighted by atomic mass is 32.2. The summed E-state index contributed by atoms with van der Waals surface area (Å²) in [7, 11) is -3.38. The van der Waals surface area contributed by atoms with Gasteiger partial charge in [-0.25, -0.2) is 8.42 Å². The average Bonchev–Trinajstić information content (AvgIpc) is 3.17. The normalized spacial score (nSPS) is 13.7. The quantitative estimate of drug-likeness (QED) is 0.302. The van der Waals surface area contributed by atoms with Crippen molar-refractivity contribution in [2.45, 2.75) is 57.6 Å². The molecule has 1 aromatic rings. The molecule has 1 aromatic heterocycles. The summed E-state index contributed by atoms with van der Waals surface area (Å²) in [6.07, 6.45) is 3.65. The lowest BCUT2D eigenvalue weighted by Gasteiger charge is -2.16. The van der Waals surface area contributed by atoms with Crippen molar-refractivity contribution in [2.24, 2.45) is 10.9 Å². The molecule has 1 rings (SSSR count). The number of guanidine groups is 1. The van der Waals surface area contributed by atoms with E-state index in [1.54, 1.807) is 6.07 Å². The molecule has 0 amide bonds. The Morgan fingerprint density at radius 2 is 1.90 bits per heavy atom. The Labute approximate surface area is 180 Å². The summed E-state index contributed by atoms with van der Waals surface area (Å²) in [6.45, 7) is 11.2. The largest absolute Gasteiger partial charge is 0.396 e. The number of nitrogens with zero attached hydrogens (tertiary/aromatic N) is 2. The summed E-state index contributed by atoms with van der Waals surface area (Å²) in [5.41, 5.74) is 0. The van der Waals surface area contributed by atoms with E-state index in [-0.39, 0.29) is 6.61 Å². The van der Waals surface area contributed by atoms with Gasteiger partial charge in [0.15, 0.2) is 5.96 Å². The van der Waals surface area contributed by atoms with Crippen LogP contribution in [0, 0.1) is 5.92 Å². The zero-order valence-electron chi connectivity index (χ0n) is 18.3. The van der Waals surface area contributed by atoms with Gasteiger partial charge in [0.1, 0.15) is 4.21 Å². The number of aliphatic hydroxyl groups excluding tert-OH is 1. The number of hydrogen-bond donors (Lipinski definition) is 3. The molecule has 0 aliphatic rings. The van der Waals surface area contributed by atoms with Gasteiger partial charge in [-0.05, 0) is 44.2 Å². The molecule has 1 atom stereocenters. The lowest BCUT2D eigenvalue weighted by molar-refractivity contribution is 0.253. The molecule has 0 aromatic carbocycles. The first-order valence-corrected chi connectivity index (χ1v) is 12.9. The van der Waals surface area contributed by atoms with Crippen LogP contribution in [-0.2, 0) is 16.4 Å². The average molecular weight is 447 g/mol. The van der Waals surface area contributed by atoms with E-state index < -0.39 is 10.0 Å². The van der Waals surface area contributed by atoms with Gasteiger partial charge >= 0.3 is 0 Å². The summed E-state index contributed by atoms with van der Waals surface area (Å²) < 4.78 is 27.1. The first kappa shape index (κ1) is 25.9.